The molecule has 1 unspecified atom stereocenters. The highest BCUT2D eigenvalue weighted by atomic mass is 35.5. The Morgan fingerprint density at radius 2 is 2.41 bits per heavy atom. The van der Waals surface area contributed by atoms with E-state index in [4.69, 9.17) is 0 Å². The summed E-state index contributed by atoms with van der Waals surface area (Å²) >= 11 is 1.56. The van der Waals surface area contributed by atoms with E-state index in [0.29, 0.717) is 0 Å². The number of aryl methyl sites for hydroxylation is 2. The zero-order valence-corrected chi connectivity index (χ0v) is 11.7. The fourth-order valence-corrected chi connectivity index (χ4v) is 2.82. The van der Waals surface area contributed by atoms with Crippen molar-refractivity contribution in [1.29, 1.82) is 0 Å². The minimum atomic E-state index is -0.0331. The highest BCUT2D eigenvalue weighted by Crippen LogP contribution is 2.22. The average Bonchev–Trinajstić information content (AvgIpc) is 2.87. The molecule has 1 aromatic rings. The normalized spacial score (nSPS) is 18.8. The predicted molar refractivity (Wildman–Crippen MR) is 73.1 cm³/mol. The molecule has 1 aliphatic rings. The van der Waals surface area contributed by atoms with Crippen molar-refractivity contribution in [2.24, 2.45) is 0 Å². The summed E-state index contributed by atoms with van der Waals surface area (Å²) in [4.78, 5) is 17.4. The van der Waals surface area contributed by atoms with Gasteiger partial charge in [0.05, 0.1) is 11.7 Å². The molecule has 0 aliphatic carbocycles. The van der Waals surface area contributed by atoms with Gasteiger partial charge >= 0.3 is 0 Å². The number of carbonyl (C=O) groups excluding carboxylic acids is 1. The van der Waals surface area contributed by atoms with Crippen molar-refractivity contribution in [3.63, 3.8) is 0 Å². The lowest BCUT2D eigenvalue weighted by Crippen LogP contribution is -2.35. The summed E-state index contributed by atoms with van der Waals surface area (Å²) in [5, 5.41) is 6.79. The van der Waals surface area contributed by atoms with Gasteiger partial charge in [0.1, 0.15) is 0 Å². The van der Waals surface area contributed by atoms with Crippen LogP contribution in [0.5, 0.6) is 0 Å². The lowest BCUT2D eigenvalue weighted by Gasteiger charge is -2.08. The fourth-order valence-electron chi connectivity index (χ4n) is 1.91. The van der Waals surface area contributed by atoms with Gasteiger partial charge in [-0.15, -0.1) is 23.7 Å². The minimum absolute atomic E-state index is 0. The molecule has 1 aromatic heterocycles. The number of anilines is 1. The molecule has 0 spiro atoms. The zero-order chi connectivity index (χ0) is 11.5. The number of hydrogen-bond acceptors (Lipinski definition) is 4. The molecular formula is C11H18ClN3OS. The highest BCUT2D eigenvalue weighted by Gasteiger charge is 2.22. The van der Waals surface area contributed by atoms with Crippen molar-refractivity contribution in [2.75, 3.05) is 11.9 Å². The number of nitrogens with one attached hydrogen (secondary N) is 2. The van der Waals surface area contributed by atoms with E-state index in [9.17, 15) is 4.79 Å². The second-order valence-electron chi connectivity index (χ2n) is 4.01. The maximum absolute atomic E-state index is 11.8. The molecule has 17 heavy (non-hydrogen) atoms. The van der Waals surface area contributed by atoms with Crippen LogP contribution in [0.2, 0.25) is 0 Å². The first-order valence-corrected chi connectivity index (χ1v) is 6.53. The van der Waals surface area contributed by atoms with Gasteiger partial charge in [-0.1, -0.05) is 6.92 Å². The molecule has 1 atom stereocenters. The van der Waals surface area contributed by atoms with Crippen molar-refractivity contribution in [1.82, 2.24) is 10.3 Å². The van der Waals surface area contributed by atoms with Gasteiger partial charge in [0.2, 0.25) is 5.91 Å². The SMILES string of the molecule is CCc1nc(NC(=O)C2CCCN2)sc1C.Cl. The molecule has 0 aromatic carbocycles. The van der Waals surface area contributed by atoms with Crippen LogP contribution in [0.3, 0.4) is 0 Å². The first-order valence-electron chi connectivity index (χ1n) is 5.71. The summed E-state index contributed by atoms with van der Waals surface area (Å²) in [6, 6.07) is -0.0331. The fraction of sp³-hybridized carbons (Fsp3) is 0.636. The summed E-state index contributed by atoms with van der Waals surface area (Å²) in [6.45, 7) is 5.06. The van der Waals surface area contributed by atoms with Crippen LogP contribution in [-0.4, -0.2) is 23.5 Å². The molecule has 2 rings (SSSR count). The Hall–Kier alpha value is -0.650. The quantitative estimate of drug-likeness (QED) is 0.889. The van der Waals surface area contributed by atoms with Gasteiger partial charge in [0.25, 0.3) is 0 Å². The van der Waals surface area contributed by atoms with Gasteiger partial charge in [0.15, 0.2) is 5.13 Å². The average molecular weight is 276 g/mol. The van der Waals surface area contributed by atoms with Crippen LogP contribution in [-0.2, 0) is 11.2 Å². The van der Waals surface area contributed by atoms with Crippen molar-refractivity contribution < 1.29 is 4.79 Å². The molecule has 0 radical (unpaired) electrons. The van der Waals surface area contributed by atoms with E-state index in [1.807, 2.05) is 6.92 Å². The van der Waals surface area contributed by atoms with Crippen LogP contribution in [0.1, 0.15) is 30.3 Å². The van der Waals surface area contributed by atoms with Crippen LogP contribution < -0.4 is 10.6 Å². The zero-order valence-electron chi connectivity index (χ0n) is 10.1. The van der Waals surface area contributed by atoms with E-state index >= 15 is 0 Å². The third kappa shape index (κ3) is 3.40. The Kier molecular flexibility index (Phi) is 5.36. The van der Waals surface area contributed by atoms with Crippen LogP contribution in [0.15, 0.2) is 0 Å². The second-order valence-corrected chi connectivity index (χ2v) is 5.22. The molecular weight excluding hydrogens is 258 g/mol. The van der Waals surface area contributed by atoms with Gasteiger partial charge in [-0.05, 0) is 32.7 Å². The summed E-state index contributed by atoms with van der Waals surface area (Å²) in [5.41, 5.74) is 1.08. The number of nitrogens with zero attached hydrogens (tertiary/aromatic N) is 1. The Morgan fingerprint density at radius 3 is 2.94 bits per heavy atom. The van der Waals surface area contributed by atoms with Crippen LogP contribution in [0.4, 0.5) is 5.13 Å². The first-order chi connectivity index (χ1) is 7.70. The van der Waals surface area contributed by atoms with Crippen LogP contribution in [0, 0.1) is 6.92 Å². The van der Waals surface area contributed by atoms with Gasteiger partial charge in [-0.25, -0.2) is 4.98 Å². The first kappa shape index (κ1) is 14.4. The largest absolute Gasteiger partial charge is 0.306 e. The Labute approximate surface area is 112 Å². The Bertz CT molecular complexity index is 388. The molecule has 1 saturated heterocycles. The standard InChI is InChI=1S/C11H17N3OS.ClH/c1-3-8-7(2)16-11(13-8)14-10(15)9-5-4-6-12-9;/h9,12H,3-6H2,1-2H3,(H,13,14,15);1H. The molecule has 2 N–H and O–H groups in total. The Morgan fingerprint density at radius 1 is 1.65 bits per heavy atom. The summed E-state index contributed by atoms with van der Waals surface area (Å²) in [6.07, 6.45) is 2.92. The maximum Gasteiger partial charge on any atom is 0.243 e. The number of halogens is 1. The summed E-state index contributed by atoms with van der Waals surface area (Å²) in [5.74, 6) is 0.0499. The van der Waals surface area contributed by atoms with Gasteiger partial charge in [-0.3, -0.25) is 4.79 Å². The third-order valence-corrected chi connectivity index (χ3v) is 3.76. The lowest BCUT2D eigenvalue weighted by atomic mass is 10.2. The van der Waals surface area contributed by atoms with Crippen molar-refractivity contribution in [2.45, 2.75) is 39.2 Å². The van der Waals surface area contributed by atoms with E-state index in [-0.39, 0.29) is 24.4 Å². The molecule has 1 amide bonds. The number of aromatic nitrogens is 1. The van der Waals surface area contributed by atoms with Crippen molar-refractivity contribution in [3.8, 4) is 0 Å². The topological polar surface area (TPSA) is 54.0 Å². The van der Waals surface area contributed by atoms with E-state index in [1.165, 1.54) is 4.88 Å². The molecule has 0 saturated carbocycles. The smallest absolute Gasteiger partial charge is 0.243 e. The number of hydrogen-bond donors (Lipinski definition) is 2. The van der Waals surface area contributed by atoms with Gasteiger partial charge in [-0.2, -0.15) is 0 Å². The summed E-state index contributed by atoms with van der Waals surface area (Å²) < 4.78 is 0. The molecule has 96 valence electrons. The van der Waals surface area contributed by atoms with Crippen LogP contribution in [0.25, 0.3) is 0 Å². The molecule has 2 heterocycles. The van der Waals surface area contributed by atoms with Crippen LogP contribution >= 0.6 is 23.7 Å². The number of thiazole rings is 1. The highest BCUT2D eigenvalue weighted by molar-refractivity contribution is 7.15. The molecule has 0 bridgehead atoms. The monoisotopic (exact) mass is 275 g/mol. The van der Waals surface area contributed by atoms with Gasteiger partial charge in [0, 0.05) is 4.88 Å². The number of rotatable bonds is 3. The molecule has 4 nitrogen and oxygen atoms in total. The third-order valence-electron chi connectivity index (χ3n) is 2.83. The summed E-state index contributed by atoms with van der Waals surface area (Å²) in [7, 11) is 0. The molecule has 1 aliphatic heterocycles. The second kappa shape index (κ2) is 6.33. The van der Waals surface area contributed by atoms with Crippen molar-refractivity contribution in [3.05, 3.63) is 10.6 Å². The van der Waals surface area contributed by atoms with E-state index < -0.39 is 0 Å². The molecule has 1 fully saturated rings. The lowest BCUT2D eigenvalue weighted by molar-refractivity contribution is -0.117. The Balaban J connectivity index is 0.00000144. The minimum Gasteiger partial charge on any atom is -0.306 e. The van der Waals surface area contributed by atoms with E-state index in [2.05, 4.69) is 22.5 Å². The van der Waals surface area contributed by atoms with Gasteiger partial charge < -0.3 is 10.6 Å². The van der Waals surface area contributed by atoms with E-state index in [1.54, 1.807) is 11.3 Å². The van der Waals surface area contributed by atoms with E-state index in [0.717, 1.165) is 36.6 Å². The number of amides is 1. The number of carbonyl (C=O) groups is 1. The molecule has 6 heteroatoms. The predicted octanol–water partition coefficient (Wildman–Crippen LogP) is 2.13. The van der Waals surface area contributed by atoms with Crippen molar-refractivity contribution >= 4 is 34.8 Å². The maximum atomic E-state index is 11.8.